The minimum atomic E-state index is -1.11. The van der Waals surface area contributed by atoms with E-state index < -0.39 is 17.5 Å². The van der Waals surface area contributed by atoms with Gasteiger partial charge in [0.2, 0.25) is 0 Å². The first kappa shape index (κ1) is 7.53. The van der Waals surface area contributed by atoms with E-state index in [4.69, 9.17) is 0 Å². The summed E-state index contributed by atoms with van der Waals surface area (Å²) in [5, 5.41) is 4.46. The van der Waals surface area contributed by atoms with E-state index in [1.54, 1.807) is 0 Å². The molecule has 0 atom stereocenters. The first-order valence-corrected chi connectivity index (χ1v) is 3.05. The van der Waals surface area contributed by atoms with Crippen molar-refractivity contribution < 1.29 is 9.59 Å². The fraction of sp³-hybridized carbons (Fsp3) is 0.143. The highest BCUT2D eigenvalue weighted by atomic mass is 16.2. The first-order chi connectivity index (χ1) is 5.14. The van der Waals surface area contributed by atoms with Crippen molar-refractivity contribution in [2.45, 2.75) is 5.54 Å². The SMILES string of the molecule is C=CC1(C=C)NC(=O)NC1=O. The number of carbonyl (C=O) groups excluding carboxylic acids is 2. The van der Waals surface area contributed by atoms with E-state index in [9.17, 15) is 9.59 Å². The maximum absolute atomic E-state index is 11.0. The molecule has 0 aromatic heterocycles. The van der Waals surface area contributed by atoms with Crippen LogP contribution in [0.4, 0.5) is 4.79 Å². The molecule has 0 spiro atoms. The van der Waals surface area contributed by atoms with Crippen LogP contribution in [0.25, 0.3) is 0 Å². The molecule has 1 heterocycles. The molecule has 1 aliphatic rings. The van der Waals surface area contributed by atoms with Gasteiger partial charge in [-0.1, -0.05) is 25.3 Å². The Morgan fingerprint density at radius 3 is 2.00 bits per heavy atom. The standard InChI is InChI=1S/C7H8N2O2/c1-3-7(4-2)5(10)8-6(11)9-7/h3-4H,1-2H2,(H2,8,9,10,11). The monoisotopic (exact) mass is 152 g/mol. The molecule has 58 valence electrons. The summed E-state index contributed by atoms with van der Waals surface area (Å²) >= 11 is 0. The molecule has 0 aromatic carbocycles. The molecule has 1 fully saturated rings. The second-order valence-electron chi connectivity index (χ2n) is 2.19. The lowest BCUT2D eigenvalue weighted by atomic mass is 10.0. The van der Waals surface area contributed by atoms with Crippen LogP contribution in [0.3, 0.4) is 0 Å². The Kier molecular flexibility index (Phi) is 1.53. The van der Waals surface area contributed by atoms with Crippen LogP contribution in [0.1, 0.15) is 0 Å². The summed E-state index contributed by atoms with van der Waals surface area (Å²) in [4.78, 5) is 21.7. The van der Waals surface area contributed by atoms with Crippen LogP contribution in [0.2, 0.25) is 0 Å². The zero-order valence-electron chi connectivity index (χ0n) is 5.89. The Balaban J connectivity index is 3.02. The maximum Gasteiger partial charge on any atom is 0.322 e. The predicted molar refractivity (Wildman–Crippen MR) is 39.8 cm³/mol. The molecule has 2 N–H and O–H groups in total. The van der Waals surface area contributed by atoms with Crippen LogP contribution in [-0.2, 0) is 4.79 Å². The molecule has 4 heteroatoms. The molecular formula is C7H8N2O2. The topological polar surface area (TPSA) is 58.2 Å². The summed E-state index contributed by atoms with van der Waals surface area (Å²) in [5.41, 5.74) is -1.11. The maximum atomic E-state index is 11.0. The van der Waals surface area contributed by atoms with Gasteiger partial charge in [0, 0.05) is 0 Å². The quantitative estimate of drug-likeness (QED) is 0.430. The van der Waals surface area contributed by atoms with Gasteiger partial charge < -0.3 is 5.32 Å². The molecule has 0 aromatic rings. The number of hydrogen-bond donors (Lipinski definition) is 2. The van der Waals surface area contributed by atoms with Gasteiger partial charge in [-0.05, 0) is 0 Å². The smallest absolute Gasteiger partial charge is 0.317 e. The zero-order valence-corrected chi connectivity index (χ0v) is 5.89. The van der Waals surface area contributed by atoms with Crippen molar-refractivity contribution in [1.82, 2.24) is 10.6 Å². The van der Waals surface area contributed by atoms with Crippen molar-refractivity contribution in [3.05, 3.63) is 25.3 Å². The summed E-state index contributed by atoms with van der Waals surface area (Å²) in [6.45, 7) is 6.85. The fourth-order valence-electron chi connectivity index (χ4n) is 0.853. The van der Waals surface area contributed by atoms with Gasteiger partial charge in [0.15, 0.2) is 5.54 Å². The van der Waals surface area contributed by atoms with Gasteiger partial charge in [0.25, 0.3) is 5.91 Å². The van der Waals surface area contributed by atoms with Crippen LogP contribution in [0.15, 0.2) is 25.3 Å². The molecule has 4 nitrogen and oxygen atoms in total. The summed E-state index contributed by atoms with van der Waals surface area (Å²) in [5.74, 6) is -0.437. The fourth-order valence-corrected chi connectivity index (χ4v) is 0.853. The van der Waals surface area contributed by atoms with E-state index in [1.165, 1.54) is 12.2 Å². The molecule has 11 heavy (non-hydrogen) atoms. The Labute approximate surface area is 64.0 Å². The summed E-state index contributed by atoms with van der Waals surface area (Å²) in [6.07, 6.45) is 2.67. The van der Waals surface area contributed by atoms with Crippen molar-refractivity contribution in [1.29, 1.82) is 0 Å². The highest BCUT2D eigenvalue weighted by Crippen LogP contribution is 2.12. The van der Waals surface area contributed by atoms with E-state index in [2.05, 4.69) is 23.8 Å². The van der Waals surface area contributed by atoms with Gasteiger partial charge in [-0.25, -0.2) is 4.79 Å². The Bertz CT molecular complexity index is 237. The highest BCUT2D eigenvalue weighted by Gasteiger charge is 2.40. The number of carbonyl (C=O) groups is 2. The molecule has 3 amide bonds. The summed E-state index contributed by atoms with van der Waals surface area (Å²) < 4.78 is 0. The summed E-state index contributed by atoms with van der Waals surface area (Å²) in [7, 11) is 0. The van der Waals surface area contributed by atoms with Gasteiger partial charge in [0.1, 0.15) is 0 Å². The molecular weight excluding hydrogens is 144 g/mol. The van der Waals surface area contributed by atoms with Gasteiger partial charge in [0.05, 0.1) is 0 Å². The number of imide groups is 1. The van der Waals surface area contributed by atoms with E-state index in [-0.39, 0.29) is 0 Å². The largest absolute Gasteiger partial charge is 0.322 e. The Hall–Kier alpha value is -1.58. The van der Waals surface area contributed by atoms with E-state index in [1.807, 2.05) is 0 Å². The number of nitrogens with one attached hydrogen (secondary N) is 2. The lowest BCUT2D eigenvalue weighted by Crippen LogP contribution is -2.42. The summed E-state index contributed by atoms with van der Waals surface area (Å²) in [6, 6.07) is -0.519. The molecule has 0 unspecified atom stereocenters. The average Bonchev–Trinajstić information content (AvgIpc) is 2.27. The van der Waals surface area contributed by atoms with Crippen LogP contribution < -0.4 is 10.6 Å². The number of amides is 3. The van der Waals surface area contributed by atoms with Crippen LogP contribution in [0, 0.1) is 0 Å². The van der Waals surface area contributed by atoms with Gasteiger partial charge >= 0.3 is 6.03 Å². The molecule has 1 aliphatic heterocycles. The third-order valence-corrected chi connectivity index (χ3v) is 1.57. The Morgan fingerprint density at radius 1 is 1.27 bits per heavy atom. The molecule has 1 rings (SSSR count). The number of rotatable bonds is 2. The van der Waals surface area contributed by atoms with Gasteiger partial charge in [-0.2, -0.15) is 0 Å². The van der Waals surface area contributed by atoms with Crippen molar-refractivity contribution in [3.8, 4) is 0 Å². The lowest BCUT2D eigenvalue weighted by Gasteiger charge is -2.14. The lowest BCUT2D eigenvalue weighted by molar-refractivity contribution is -0.121. The molecule has 0 radical (unpaired) electrons. The third-order valence-electron chi connectivity index (χ3n) is 1.57. The second kappa shape index (κ2) is 2.23. The number of hydrogen-bond acceptors (Lipinski definition) is 2. The molecule has 0 aliphatic carbocycles. The highest BCUT2D eigenvalue weighted by molar-refractivity contribution is 6.09. The third kappa shape index (κ3) is 0.920. The molecule has 1 saturated heterocycles. The average molecular weight is 152 g/mol. The number of urea groups is 1. The normalized spacial score (nSPS) is 20.4. The van der Waals surface area contributed by atoms with Crippen LogP contribution in [-0.4, -0.2) is 17.5 Å². The van der Waals surface area contributed by atoms with Crippen LogP contribution >= 0.6 is 0 Å². The van der Waals surface area contributed by atoms with Crippen molar-refractivity contribution in [2.24, 2.45) is 0 Å². The van der Waals surface area contributed by atoms with Gasteiger partial charge in [-0.15, -0.1) is 0 Å². The molecule has 0 bridgehead atoms. The van der Waals surface area contributed by atoms with Crippen LogP contribution in [0.5, 0.6) is 0 Å². The predicted octanol–water partition coefficient (Wildman–Crippen LogP) is -0.0634. The van der Waals surface area contributed by atoms with E-state index in [0.717, 1.165) is 0 Å². The Morgan fingerprint density at radius 2 is 1.82 bits per heavy atom. The van der Waals surface area contributed by atoms with E-state index in [0.29, 0.717) is 0 Å². The second-order valence-corrected chi connectivity index (χ2v) is 2.19. The first-order valence-electron chi connectivity index (χ1n) is 3.05. The minimum Gasteiger partial charge on any atom is -0.317 e. The van der Waals surface area contributed by atoms with Crippen molar-refractivity contribution in [2.75, 3.05) is 0 Å². The van der Waals surface area contributed by atoms with Crippen molar-refractivity contribution >= 4 is 11.9 Å². The van der Waals surface area contributed by atoms with Gasteiger partial charge in [-0.3, -0.25) is 10.1 Å². The minimum absolute atomic E-state index is 0.437. The zero-order chi connectivity index (χ0) is 8.48. The van der Waals surface area contributed by atoms with E-state index >= 15 is 0 Å². The molecule has 0 saturated carbocycles. The van der Waals surface area contributed by atoms with Crippen molar-refractivity contribution in [3.63, 3.8) is 0 Å².